The molecule has 0 fully saturated rings. The number of benzene rings is 1. The van der Waals surface area contributed by atoms with Crippen LogP contribution in [0.25, 0.3) is 12.2 Å². The molecule has 2 rings (SSSR count). The second-order valence-electron chi connectivity index (χ2n) is 5.52. The molecular weight excluding hydrogens is 306 g/mol. The fraction of sp³-hybridized carbons (Fsp3) is 0.158. The van der Waals surface area contributed by atoms with Crippen molar-refractivity contribution in [2.75, 3.05) is 0 Å². The van der Waals surface area contributed by atoms with Gasteiger partial charge in [0, 0.05) is 11.6 Å². The minimum Gasteiger partial charge on any atom is -0.457 e. The van der Waals surface area contributed by atoms with E-state index in [9.17, 15) is 9.59 Å². The highest BCUT2D eigenvalue weighted by molar-refractivity contribution is 6.06. The van der Waals surface area contributed by atoms with Gasteiger partial charge in [-0.1, -0.05) is 38.1 Å². The smallest absolute Gasteiger partial charge is 0.267 e. The van der Waals surface area contributed by atoms with Crippen molar-refractivity contribution in [3.63, 3.8) is 0 Å². The first-order valence-electron chi connectivity index (χ1n) is 7.54. The van der Waals surface area contributed by atoms with Crippen LogP contribution >= 0.6 is 0 Å². The van der Waals surface area contributed by atoms with Crippen LogP contribution in [-0.2, 0) is 4.79 Å². The molecule has 0 aliphatic heterocycles. The molecule has 0 aliphatic carbocycles. The van der Waals surface area contributed by atoms with E-state index in [2.05, 4.69) is 13.8 Å². The standard InChI is InChI=1S/C19H19NO4/c1-13(2)14-3-5-15(6-4-14)18(21)11-9-16-7-8-17(24-16)10-12-19(22)20-23/h3-13,23H,1-2H3,(H,20,22)/b11-9+,12-10+. The van der Waals surface area contributed by atoms with E-state index >= 15 is 0 Å². The summed E-state index contributed by atoms with van der Waals surface area (Å²) in [5, 5.41) is 8.39. The molecule has 0 saturated heterocycles. The second kappa shape index (κ2) is 8.08. The number of rotatable bonds is 6. The number of carbonyl (C=O) groups is 2. The second-order valence-corrected chi connectivity index (χ2v) is 5.52. The van der Waals surface area contributed by atoms with Gasteiger partial charge in [0.2, 0.25) is 0 Å². The van der Waals surface area contributed by atoms with Gasteiger partial charge in [-0.3, -0.25) is 14.8 Å². The maximum atomic E-state index is 12.1. The Morgan fingerprint density at radius 3 is 2.12 bits per heavy atom. The number of furan rings is 1. The Morgan fingerprint density at radius 2 is 1.58 bits per heavy atom. The van der Waals surface area contributed by atoms with Crippen LogP contribution in [0.4, 0.5) is 0 Å². The fourth-order valence-corrected chi connectivity index (χ4v) is 2.03. The van der Waals surface area contributed by atoms with Crippen LogP contribution in [-0.4, -0.2) is 16.9 Å². The average molecular weight is 325 g/mol. The van der Waals surface area contributed by atoms with Crippen molar-refractivity contribution < 1.29 is 19.2 Å². The number of nitrogens with one attached hydrogen (secondary N) is 1. The summed E-state index contributed by atoms with van der Waals surface area (Å²) in [5.74, 6) is 0.590. The Bertz CT molecular complexity index is 767. The quantitative estimate of drug-likeness (QED) is 0.366. The third-order valence-electron chi connectivity index (χ3n) is 3.42. The van der Waals surface area contributed by atoms with E-state index in [4.69, 9.17) is 9.62 Å². The molecule has 1 heterocycles. The maximum absolute atomic E-state index is 12.1. The molecule has 2 aromatic rings. The van der Waals surface area contributed by atoms with Crippen molar-refractivity contribution in [2.45, 2.75) is 19.8 Å². The lowest BCUT2D eigenvalue weighted by Gasteiger charge is -2.04. The Morgan fingerprint density at radius 1 is 1.00 bits per heavy atom. The van der Waals surface area contributed by atoms with Crippen LogP contribution in [0.3, 0.4) is 0 Å². The van der Waals surface area contributed by atoms with E-state index in [0.29, 0.717) is 23.0 Å². The monoisotopic (exact) mass is 325 g/mol. The largest absolute Gasteiger partial charge is 0.457 e. The van der Waals surface area contributed by atoms with Crippen LogP contribution in [0, 0.1) is 0 Å². The summed E-state index contributed by atoms with van der Waals surface area (Å²) in [7, 11) is 0. The molecule has 5 heteroatoms. The number of ketones is 1. The molecule has 0 unspecified atom stereocenters. The molecule has 0 spiro atoms. The zero-order chi connectivity index (χ0) is 17.5. The summed E-state index contributed by atoms with van der Waals surface area (Å²) in [6.45, 7) is 4.20. The van der Waals surface area contributed by atoms with E-state index in [0.717, 1.165) is 6.08 Å². The lowest BCUT2D eigenvalue weighted by Crippen LogP contribution is -2.14. The topological polar surface area (TPSA) is 79.5 Å². The third kappa shape index (κ3) is 4.79. The van der Waals surface area contributed by atoms with Crippen molar-refractivity contribution in [2.24, 2.45) is 0 Å². The zero-order valence-electron chi connectivity index (χ0n) is 13.5. The van der Waals surface area contributed by atoms with Gasteiger partial charge in [-0.05, 0) is 41.8 Å². The first-order valence-corrected chi connectivity index (χ1v) is 7.54. The zero-order valence-corrected chi connectivity index (χ0v) is 13.5. The molecule has 0 aliphatic rings. The van der Waals surface area contributed by atoms with E-state index in [1.807, 2.05) is 24.3 Å². The maximum Gasteiger partial charge on any atom is 0.267 e. The summed E-state index contributed by atoms with van der Waals surface area (Å²) in [5.41, 5.74) is 3.28. The molecule has 124 valence electrons. The van der Waals surface area contributed by atoms with Crippen LogP contribution in [0.1, 0.15) is 47.2 Å². The van der Waals surface area contributed by atoms with Gasteiger partial charge >= 0.3 is 0 Å². The molecule has 1 amide bonds. The first-order chi connectivity index (χ1) is 11.5. The van der Waals surface area contributed by atoms with Gasteiger partial charge in [0.05, 0.1) is 0 Å². The van der Waals surface area contributed by atoms with Crippen molar-refractivity contribution in [1.29, 1.82) is 0 Å². The number of hydrogen-bond donors (Lipinski definition) is 2. The number of hydroxylamine groups is 1. The molecule has 0 saturated carbocycles. The summed E-state index contributed by atoms with van der Waals surface area (Å²) in [6, 6.07) is 10.9. The van der Waals surface area contributed by atoms with Crippen LogP contribution in [0.15, 0.2) is 53.0 Å². The van der Waals surface area contributed by atoms with Crippen molar-refractivity contribution in [3.8, 4) is 0 Å². The number of allylic oxidation sites excluding steroid dienone is 1. The normalized spacial score (nSPS) is 11.5. The van der Waals surface area contributed by atoms with Gasteiger partial charge in [-0.2, -0.15) is 0 Å². The molecule has 5 nitrogen and oxygen atoms in total. The van der Waals surface area contributed by atoms with Gasteiger partial charge in [-0.15, -0.1) is 0 Å². The van der Waals surface area contributed by atoms with Crippen molar-refractivity contribution in [3.05, 3.63) is 71.2 Å². The highest BCUT2D eigenvalue weighted by Crippen LogP contribution is 2.16. The minimum absolute atomic E-state index is 0.113. The van der Waals surface area contributed by atoms with Gasteiger partial charge in [0.25, 0.3) is 5.91 Å². The van der Waals surface area contributed by atoms with Crippen LogP contribution in [0.5, 0.6) is 0 Å². The number of carbonyl (C=O) groups excluding carboxylic acids is 2. The van der Waals surface area contributed by atoms with E-state index in [1.165, 1.54) is 23.2 Å². The molecule has 0 atom stereocenters. The summed E-state index contributed by atoms with van der Waals surface area (Å²) < 4.78 is 5.43. The summed E-state index contributed by atoms with van der Waals surface area (Å²) in [6.07, 6.45) is 5.56. The van der Waals surface area contributed by atoms with Gasteiger partial charge in [0.1, 0.15) is 11.5 Å². The molecule has 0 bridgehead atoms. The SMILES string of the molecule is CC(C)c1ccc(C(=O)/C=C/c2ccc(/C=C/C(=O)NO)o2)cc1. The molecular formula is C19H19NO4. The summed E-state index contributed by atoms with van der Waals surface area (Å²) >= 11 is 0. The van der Waals surface area contributed by atoms with Gasteiger partial charge in [-0.25, -0.2) is 5.48 Å². The predicted octanol–water partition coefficient (Wildman–Crippen LogP) is 3.82. The predicted molar refractivity (Wildman–Crippen MR) is 91.6 cm³/mol. The Labute approximate surface area is 140 Å². The Balaban J connectivity index is 2.02. The van der Waals surface area contributed by atoms with Crippen molar-refractivity contribution >= 4 is 23.8 Å². The van der Waals surface area contributed by atoms with E-state index < -0.39 is 5.91 Å². The highest BCUT2D eigenvalue weighted by Gasteiger charge is 2.04. The van der Waals surface area contributed by atoms with Crippen LogP contribution in [0.2, 0.25) is 0 Å². The molecule has 1 aromatic heterocycles. The molecule has 0 radical (unpaired) electrons. The number of hydrogen-bond acceptors (Lipinski definition) is 4. The Hall–Kier alpha value is -2.92. The Kier molecular flexibility index (Phi) is 5.87. The van der Waals surface area contributed by atoms with Crippen LogP contribution < -0.4 is 5.48 Å². The third-order valence-corrected chi connectivity index (χ3v) is 3.42. The lowest BCUT2D eigenvalue weighted by atomic mass is 10.0. The lowest BCUT2D eigenvalue weighted by molar-refractivity contribution is -0.124. The molecule has 2 N–H and O–H groups in total. The molecule has 1 aromatic carbocycles. The van der Waals surface area contributed by atoms with Gasteiger partial charge < -0.3 is 4.42 Å². The highest BCUT2D eigenvalue weighted by atomic mass is 16.5. The van der Waals surface area contributed by atoms with Gasteiger partial charge in [0.15, 0.2) is 5.78 Å². The molecule has 24 heavy (non-hydrogen) atoms. The first kappa shape index (κ1) is 17.4. The van der Waals surface area contributed by atoms with E-state index in [1.54, 1.807) is 18.2 Å². The average Bonchev–Trinajstić information content (AvgIpc) is 3.05. The number of amides is 1. The summed E-state index contributed by atoms with van der Waals surface area (Å²) in [4.78, 5) is 23.0. The van der Waals surface area contributed by atoms with Crippen molar-refractivity contribution in [1.82, 2.24) is 5.48 Å². The fourth-order valence-electron chi connectivity index (χ4n) is 2.03. The van der Waals surface area contributed by atoms with E-state index in [-0.39, 0.29) is 5.78 Å². The minimum atomic E-state index is -0.650.